The Morgan fingerprint density at radius 3 is 2.59 bits per heavy atom. The molecule has 1 N–H and O–H groups in total. The van der Waals surface area contributed by atoms with E-state index < -0.39 is 0 Å². The van der Waals surface area contributed by atoms with Crippen molar-refractivity contribution in [2.45, 2.75) is 32.7 Å². The first-order valence-electron chi connectivity index (χ1n) is 9.47. The van der Waals surface area contributed by atoms with E-state index in [4.69, 9.17) is 4.99 Å². The Hall–Kier alpha value is -1.90. The molecule has 2 heterocycles. The summed E-state index contributed by atoms with van der Waals surface area (Å²) in [6.07, 6.45) is 9.06. The number of hydrogen-bond acceptors (Lipinski definition) is 3. The number of rotatable bonds is 7. The average Bonchev–Trinajstić information content (AvgIpc) is 3.21. The number of nitrogens with zero attached hydrogens (tertiary/aromatic N) is 5. The highest BCUT2D eigenvalue weighted by Gasteiger charge is 2.15. The van der Waals surface area contributed by atoms with E-state index in [1.807, 2.05) is 4.57 Å². The highest BCUT2D eigenvalue weighted by Crippen LogP contribution is 2.21. The van der Waals surface area contributed by atoms with Gasteiger partial charge in [0, 0.05) is 32.7 Å². The van der Waals surface area contributed by atoms with Crippen LogP contribution >= 0.6 is 24.0 Å². The molecule has 27 heavy (non-hydrogen) atoms. The monoisotopic (exact) mass is 480 g/mol. The van der Waals surface area contributed by atoms with E-state index >= 15 is 0 Å². The maximum absolute atomic E-state index is 4.82. The van der Waals surface area contributed by atoms with Gasteiger partial charge in [0.15, 0.2) is 5.96 Å². The molecular formula is C20H29IN6. The third kappa shape index (κ3) is 6.64. The Kier molecular flexibility index (Phi) is 9.30. The Morgan fingerprint density at radius 2 is 1.93 bits per heavy atom. The Balaban J connectivity index is 0.00000261. The van der Waals surface area contributed by atoms with Crippen LogP contribution in [0, 0.1) is 0 Å². The van der Waals surface area contributed by atoms with Crippen molar-refractivity contribution < 1.29 is 0 Å². The molecule has 0 atom stereocenters. The zero-order chi connectivity index (χ0) is 18.0. The SMILES string of the molecule is CCNC(=NCCCCn1cnnc1)N1CC=C(c2ccccc2)CC1.I. The quantitative estimate of drug-likeness (QED) is 0.286. The summed E-state index contributed by atoms with van der Waals surface area (Å²) in [6.45, 7) is 6.73. The van der Waals surface area contributed by atoms with Crippen molar-refractivity contribution in [2.75, 3.05) is 26.2 Å². The molecule has 0 saturated heterocycles. The van der Waals surface area contributed by atoms with Crippen molar-refractivity contribution in [1.82, 2.24) is 25.0 Å². The van der Waals surface area contributed by atoms with Crippen LogP contribution in [0.15, 0.2) is 54.1 Å². The predicted molar refractivity (Wildman–Crippen MR) is 121 cm³/mol. The minimum atomic E-state index is 0. The fraction of sp³-hybridized carbons (Fsp3) is 0.450. The number of benzene rings is 1. The minimum absolute atomic E-state index is 0. The Labute approximate surface area is 178 Å². The van der Waals surface area contributed by atoms with Gasteiger partial charge in [-0.3, -0.25) is 4.99 Å². The summed E-state index contributed by atoms with van der Waals surface area (Å²) < 4.78 is 2.01. The van der Waals surface area contributed by atoms with E-state index in [9.17, 15) is 0 Å². The molecule has 0 unspecified atom stereocenters. The number of unbranched alkanes of at least 4 members (excludes halogenated alkanes) is 1. The summed E-state index contributed by atoms with van der Waals surface area (Å²) in [5.74, 6) is 1.03. The molecule has 0 radical (unpaired) electrons. The van der Waals surface area contributed by atoms with E-state index in [-0.39, 0.29) is 24.0 Å². The van der Waals surface area contributed by atoms with E-state index in [1.165, 1.54) is 11.1 Å². The number of hydrogen-bond donors (Lipinski definition) is 1. The van der Waals surface area contributed by atoms with E-state index in [1.54, 1.807) is 12.7 Å². The summed E-state index contributed by atoms with van der Waals surface area (Å²) in [4.78, 5) is 7.16. The smallest absolute Gasteiger partial charge is 0.194 e. The fourth-order valence-corrected chi connectivity index (χ4v) is 3.13. The summed E-state index contributed by atoms with van der Waals surface area (Å²) in [5.41, 5.74) is 2.77. The first-order chi connectivity index (χ1) is 12.9. The van der Waals surface area contributed by atoms with Crippen LogP contribution in [0.3, 0.4) is 0 Å². The third-order valence-corrected chi connectivity index (χ3v) is 4.54. The molecule has 1 aromatic heterocycles. The van der Waals surface area contributed by atoms with Crippen LogP contribution in [-0.2, 0) is 6.54 Å². The first kappa shape index (κ1) is 21.4. The maximum Gasteiger partial charge on any atom is 0.194 e. The van der Waals surface area contributed by atoms with E-state index in [2.05, 4.69) is 63.7 Å². The van der Waals surface area contributed by atoms with Crippen LogP contribution in [0.2, 0.25) is 0 Å². The van der Waals surface area contributed by atoms with Crippen LogP contribution in [0.5, 0.6) is 0 Å². The van der Waals surface area contributed by atoms with Gasteiger partial charge in [-0.05, 0) is 37.3 Å². The summed E-state index contributed by atoms with van der Waals surface area (Å²) in [7, 11) is 0. The number of aromatic nitrogens is 3. The van der Waals surface area contributed by atoms with Gasteiger partial charge in [-0.2, -0.15) is 0 Å². The largest absolute Gasteiger partial charge is 0.357 e. The number of nitrogens with one attached hydrogen (secondary N) is 1. The molecule has 0 saturated carbocycles. The molecule has 1 aromatic carbocycles. The van der Waals surface area contributed by atoms with Crippen LogP contribution in [-0.4, -0.2) is 51.8 Å². The lowest BCUT2D eigenvalue weighted by molar-refractivity contribution is 0.439. The highest BCUT2D eigenvalue weighted by atomic mass is 127. The molecule has 3 rings (SSSR count). The molecular weight excluding hydrogens is 451 g/mol. The molecule has 0 fully saturated rings. The van der Waals surface area contributed by atoms with E-state index in [0.29, 0.717) is 0 Å². The Morgan fingerprint density at radius 1 is 1.15 bits per heavy atom. The summed E-state index contributed by atoms with van der Waals surface area (Å²) in [5, 5.41) is 11.1. The van der Waals surface area contributed by atoms with Gasteiger partial charge in [0.2, 0.25) is 0 Å². The van der Waals surface area contributed by atoms with Crippen molar-refractivity contribution in [1.29, 1.82) is 0 Å². The molecule has 1 aliphatic heterocycles. The molecule has 7 heteroatoms. The van der Waals surface area contributed by atoms with Gasteiger partial charge in [0.05, 0.1) is 0 Å². The number of aryl methyl sites for hydroxylation is 1. The fourth-order valence-electron chi connectivity index (χ4n) is 3.13. The molecule has 146 valence electrons. The summed E-state index contributed by atoms with van der Waals surface area (Å²) >= 11 is 0. The zero-order valence-electron chi connectivity index (χ0n) is 15.9. The highest BCUT2D eigenvalue weighted by molar-refractivity contribution is 14.0. The van der Waals surface area contributed by atoms with Crippen molar-refractivity contribution in [3.8, 4) is 0 Å². The second-order valence-corrected chi connectivity index (χ2v) is 6.43. The van der Waals surface area contributed by atoms with Gasteiger partial charge < -0.3 is 14.8 Å². The van der Waals surface area contributed by atoms with Crippen LogP contribution in [0.4, 0.5) is 0 Å². The second-order valence-electron chi connectivity index (χ2n) is 6.43. The molecule has 0 bridgehead atoms. The number of guanidine groups is 1. The topological polar surface area (TPSA) is 58.3 Å². The molecule has 6 nitrogen and oxygen atoms in total. The van der Waals surface area contributed by atoms with Crippen molar-refractivity contribution >= 4 is 35.5 Å². The maximum atomic E-state index is 4.82. The van der Waals surface area contributed by atoms with Gasteiger partial charge >= 0.3 is 0 Å². The lowest BCUT2D eigenvalue weighted by Crippen LogP contribution is -2.43. The number of aliphatic imine (C=N–C) groups is 1. The Bertz CT molecular complexity index is 711. The second kappa shape index (κ2) is 11.7. The summed E-state index contributed by atoms with van der Waals surface area (Å²) in [6, 6.07) is 10.7. The van der Waals surface area contributed by atoms with Crippen LogP contribution in [0.1, 0.15) is 31.7 Å². The van der Waals surface area contributed by atoms with E-state index in [0.717, 1.165) is 57.9 Å². The van der Waals surface area contributed by atoms with Crippen molar-refractivity contribution in [3.05, 3.63) is 54.6 Å². The normalized spacial score (nSPS) is 14.5. The average molecular weight is 480 g/mol. The molecule has 0 aliphatic carbocycles. The first-order valence-corrected chi connectivity index (χ1v) is 9.47. The van der Waals surface area contributed by atoms with Gasteiger partial charge in [-0.25, -0.2) is 0 Å². The molecule has 2 aromatic rings. The van der Waals surface area contributed by atoms with Crippen molar-refractivity contribution in [3.63, 3.8) is 0 Å². The van der Waals surface area contributed by atoms with Gasteiger partial charge in [0.25, 0.3) is 0 Å². The molecule has 0 spiro atoms. The van der Waals surface area contributed by atoms with Gasteiger partial charge in [-0.15, -0.1) is 34.2 Å². The third-order valence-electron chi connectivity index (χ3n) is 4.54. The van der Waals surface area contributed by atoms with Crippen molar-refractivity contribution in [2.24, 2.45) is 4.99 Å². The standard InChI is InChI=1S/C20H28N6.HI/c1-2-21-20(22-12-6-7-13-25-16-23-24-17-25)26-14-10-19(11-15-26)18-8-4-3-5-9-18;/h3-5,8-10,16-17H,2,6-7,11-15H2,1H3,(H,21,22);1H. The van der Waals surface area contributed by atoms with Gasteiger partial charge in [-0.1, -0.05) is 36.4 Å². The minimum Gasteiger partial charge on any atom is -0.357 e. The molecule has 0 amide bonds. The predicted octanol–water partition coefficient (Wildman–Crippen LogP) is 3.43. The lowest BCUT2D eigenvalue weighted by Gasteiger charge is -2.30. The van der Waals surface area contributed by atoms with Crippen LogP contribution < -0.4 is 5.32 Å². The lowest BCUT2D eigenvalue weighted by atomic mass is 10.00. The number of halogens is 1. The van der Waals surface area contributed by atoms with Crippen LogP contribution in [0.25, 0.3) is 5.57 Å². The van der Waals surface area contributed by atoms with Gasteiger partial charge in [0.1, 0.15) is 12.7 Å². The molecule has 1 aliphatic rings. The zero-order valence-corrected chi connectivity index (χ0v) is 18.3.